The number of cyclic esters (lactones) is 1. The minimum atomic E-state index is -3.00. The fourth-order valence-electron chi connectivity index (χ4n) is 3.91. The van der Waals surface area contributed by atoms with Crippen LogP contribution < -0.4 is 20.7 Å². The predicted molar refractivity (Wildman–Crippen MR) is 102 cm³/mol. The van der Waals surface area contributed by atoms with E-state index in [1.807, 2.05) is 0 Å². The number of amides is 2. The first-order valence-corrected chi connectivity index (χ1v) is 9.47. The van der Waals surface area contributed by atoms with E-state index >= 15 is 0 Å². The number of nitrogens with zero attached hydrogens (tertiary/aromatic N) is 3. The number of carbonyl (C=O) groups is 2. The number of nitrogens with two attached hydrogens (primary N) is 1. The van der Waals surface area contributed by atoms with E-state index in [1.54, 1.807) is 35.9 Å². The molecule has 5 rings (SSSR count). The molecule has 3 heterocycles. The normalized spacial score (nSPS) is 24.4. The Kier molecular flexibility index (Phi) is 3.77. The average molecular weight is 419 g/mol. The maximum Gasteiger partial charge on any atom is 0.416 e. The lowest BCUT2D eigenvalue weighted by atomic mass is 10.1. The highest BCUT2D eigenvalue weighted by atomic mass is 19.3. The molecule has 0 radical (unpaired) electrons. The van der Waals surface area contributed by atoms with Crippen LogP contribution in [0.5, 0.6) is 5.75 Å². The second kappa shape index (κ2) is 6.07. The highest BCUT2D eigenvalue weighted by molar-refractivity contribution is 5.92. The number of carbonyl (C=O) groups excluding carboxylic acids is 2. The van der Waals surface area contributed by atoms with Crippen LogP contribution in [0.25, 0.3) is 11.4 Å². The van der Waals surface area contributed by atoms with Gasteiger partial charge in [0, 0.05) is 24.4 Å². The zero-order valence-corrected chi connectivity index (χ0v) is 16.0. The van der Waals surface area contributed by atoms with Gasteiger partial charge in [0.2, 0.25) is 5.91 Å². The van der Waals surface area contributed by atoms with Crippen molar-refractivity contribution in [1.82, 2.24) is 9.55 Å². The molecule has 2 amide bonds. The van der Waals surface area contributed by atoms with Crippen LogP contribution in [-0.2, 0) is 16.1 Å². The fourth-order valence-corrected chi connectivity index (χ4v) is 3.91. The minimum Gasteiger partial charge on any atom is -0.491 e. The van der Waals surface area contributed by atoms with Crippen molar-refractivity contribution in [1.29, 1.82) is 0 Å². The molecule has 1 saturated carbocycles. The number of nitrogens with one attached hydrogen (secondary N) is 1. The van der Waals surface area contributed by atoms with Gasteiger partial charge in [0.15, 0.2) is 11.4 Å². The molecule has 9 nitrogen and oxygen atoms in total. The molecule has 1 spiro atoms. The number of aromatic nitrogens is 2. The molecule has 3 N–H and O–H groups in total. The predicted octanol–water partition coefficient (Wildman–Crippen LogP) is 1.96. The molecule has 3 aliphatic rings. The number of imidazole rings is 1. The summed E-state index contributed by atoms with van der Waals surface area (Å²) in [6, 6.07) is 4.65. The molecule has 2 aromatic rings. The van der Waals surface area contributed by atoms with E-state index in [9.17, 15) is 18.4 Å². The second-order valence-corrected chi connectivity index (χ2v) is 7.75. The number of ether oxygens (including phenoxy) is 2. The summed E-state index contributed by atoms with van der Waals surface area (Å²) in [7, 11) is 0. The number of primary amides is 1. The topological polar surface area (TPSA) is 112 Å². The van der Waals surface area contributed by atoms with Crippen molar-refractivity contribution < 1.29 is 27.8 Å². The van der Waals surface area contributed by atoms with Crippen LogP contribution in [0.3, 0.4) is 0 Å². The molecule has 30 heavy (non-hydrogen) atoms. The van der Waals surface area contributed by atoms with E-state index in [1.165, 1.54) is 0 Å². The SMILES string of the molecule is C[C@H](Nc1ccc2c(c1)OCCn1cc(N3C(=O)OC[C@]34CC4(F)F)nc1-2)C(N)=O. The third-order valence-corrected chi connectivity index (χ3v) is 5.73. The molecule has 1 aromatic carbocycles. The van der Waals surface area contributed by atoms with E-state index in [0.717, 1.165) is 4.90 Å². The van der Waals surface area contributed by atoms with Crippen LogP contribution in [0.1, 0.15) is 13.3 Å². The van der Waals surface area contributed by atoms with Crippen molar-refractivity contribution in [3.05, 3.63) is 24.4 Å². The first-order chi connectivity index (χ1) is 14.2. The molecule has 0 unspecified atom stereocenters. The molecule has 11 heteroatoms. The van der Waals surface area contributed by atoms with Gasteiger partial charge in [0.1, 0.15) is 30.8 Å². The van der Waals surface area contributed by atoms with Gasteiger partial charge in [-0.15, -0.1) is 0 Å². The number of benzene rings is 1. The third kappa shape index (κ3) is 2.61. The Morgan fingerprint density at radius 2 is 2.13 bits per heavy atom. The molecule has 2 atom stereocenters. The van der Waals surface area contributed by atoms with E-state index in [2.05, 4.69) is 10.3 Å². The Morgan fingerprint density at radius 3 is 2.83 bits per heavy atom. The van der Waals surface area contributed by atoms with E-state index in [-0.39, 0.29) is 12.4 Å². The van der Waals surface area contributed by atoms with E-state index in [0.29, 0.717) is 36.0 Å². The highest BCUT2D eigenvalue weighted by Crippen LogP contribution is 2.60. The van der Waals surface area contributed by atoms with Crippen LogP contribution in [0.15, 0.2) is 24.4 Å². The summed E-state index contributed by atoms with van der Waals surface area (Å²) in [5, 5.41) is 2.99. The monoisotopic (exact) mass is 419 g/mol. The number of hydrogen-bond acceptors (Lipinski definition) is 6. The molecule has 1 saturated heterocycles. The summed E-state index contributed by atoms with van der Waals surface area (Å²) in [5.41, 5.74) is 4.92. The third-order valence-electron chi connectivity index (χ3n) is 5.73. The first kappa shape index (κ1) is 18.6. The van der Waals surface area contributed by atoms with Gasteiger partial charge in [-0.2, -0.15) is 0 Å². The number of fused-ring (bicyclic) bond motifs is 3. The Morgan fingerprint density at radius 1 is 1.37 bits per heavy atom. The summed E-state index contributed by atoms with van der Waals surface area (Å²) < 4.78 is 40.5. The van der Waals surface area contributed by atoms with Crippen molar-refractivity contribution >= 4 is 23.5 Å². The van der Waals surface area contributed by atoms with Crippen LogP contribution in [0.4, 0.5) is 25.1 Å². The van der Waals surface area contributed by atoms with Gasteiger partial charge >= 0.3 is 6.09 Å². The second-order valence-electron chi connectivity index (χ2n) is 7.75. The molecule has 1 aromatic heterocycles. The van der Waals surface area contributed by atoms with Crippen LogP contribution in [0.2, 0.25) is 0 Å². The molecule has 158 valence electrons. The van der Waals surface area contributed by atoms with Crippen LogP contribution >= 0.6 is 0 Å². The van der Waals surface area contributed by atoms with Gasteiger partial charge in [0.05, 0.1) is 12.1 Å². The number of halogens is 2. The summed E-state index contributed by atoms with van der Waals surface area (Å²) in [6.07, 6.45) is 0.301. The molecule has 1 aliphatic carbocycles. The molecular formula is C19H19F2N5O4. The van der Waals surface area contributed by atoms with Gasteiger partial charge in [-0.1, -0.05) is 0 Å². The number of rotatable bonds is 4. The van der Waals surface area contributed by atoms with Gasteiger partial charge in [-0.05, 0) is 19.1 Å². The van der Waals surface area contributed by atoms with Crippen molar-refractivity contribution in [2.45, 2.75) is 37.4 Å². The maximum absolute atomic E-state index is 14.0. The lowest BCUT2D eigenvalue weighted by Gasteiger charge is -2.18. The minimum absolute atomic E-state index is 0.127. The van der Waals surface area contributed by atoms with Gasteiger partial charge in [-0.25, -0.2) is 23.5 Å². The Balaban J connectivity index is 1.51. The number of alkyl halides is 2. The fraction of sp³-hybridized carbons (Fsp3) is 0.421. The van der Waals surface area contributed by atoms with Crippen LogP contribution in [0, 0.1) is 0 Å². The molecule has 2 fully saturated rings. The molecular weight excluding hydrogens is 400 g/mol. The summed E-state index contributed by atoms with van der Waals surface area (Å²) in [4.78, 5) is 28.9. The standard InChI is InChI=1S/C19H19F2N5O4/c1-10(15(22)27)23-11-2-3-12-13(6-11)29-5-4-25-7-14(24-16(12)25)26-17(28)30-9-18(26)8-19(18,20)21/h2-3,6-7,10,23H,4-5,8-9H2,1H3,(H2,22,27)/t10-,18-/m0/s1. The van der Waals surface area contributed by atoms with Crippen molar-refractivity contribution in [2.75, 3.05) is 23.4 Å². The van der Waals surface area contributed by atoms with Crippen molar-refractivity contribution in [3.63, 3.8) is 0 Å². The average Bonchev–Trinajstić information content (AvgIpc) is 2.94. The summed E-state index contributed by atoms with van der Waals surface area (Å²) >= 11 is 0. The number of anilines is 2. The van der Waals surface area contributed by atoms with Gasteiger partial charge in [-0.3, -0.25) is 4.79 Å². The lowest BCUT2D eigenvalue weighted by molar-refractivity contribution is -0.118. The van der Waals surface area contributed by atoms with Crippen LogP contribution in [-0.4, -0.2) is 52.3 Å². The number of hydrogen-bond donors (Lipinski definition) is 2. The first-order valence-electron chi connectivity index (χ1n) is 9.47. The summed E-state index contributed by atoms with van der Waals surface area (Å²) in [6.45, 7) is 2.03. The Bertz CT molecular complexity index is 1070. The molecule has 2 aliphatic heterocycles. The van der Waals surface area contributed by atoms with E-state index in [4.69, 9.17) is 15.2 Å². The maximum atomic E-state index is 14.0. The van der Waals surface area contributed by atoms with Gasteiger partial charge < -0.3 is 25.1 Å². The Hall–Kier alpha value is -3.37. The van der Waals surface area contributed by atoms with Gasteiger partial charge in [0.25, 0.3) is 5.92 Å². The smallest absolute Gasteiger partial charge is 0.416 e. The largest absolute Gasteiger partial charge is 0.491 e. The zero-order valence-electron chi connectivity index (χ0n) is 16.0. The van der Waals surface area contributed by atoms with E-state index < -0.39 is 35.9 Å². The quantitative estimate of drug-likeness (QED) is 0.784. The summed E-state index contributed by atoms with van der Waals surface area (Å²) in [5.74, 6) is -2.36. The Labute approximate surface area is 169 Å². The highest BCUT2D eigenvalue weighted by Gasteiger charge is 2.79. The zero-order chi connectivity index (χ0) is 21.3. The lowest BCUT2D eigenvalue weighted by Crippen LogP contribution is -2.40. The van der Waals surface area contributed by atoms with Crippen molar-refractivity contribution in [3.8, 4) is 17.1 Å². The molecule has 0 bridgehead atoms. The van der Waals surface area contributed by atoms with Crippen molar-refractivity contribution in [2.24, 2.45) is 5.73 Å².